The van der Waals surface area contributed by atoms with Crippen LogP contribution in [0.4, 0.5) is 11.4 Å². The Kier molecular flexibility index (Phi) is 4.31. The smallest absolute Gasteiger partial charge is 0.280 e. The quantitative estimate of drug-likeness (QED) is 0.440. The molecule has 6 heteroatoms. The number of non-ortho nitro benzene ring substituents is 1. The van der Waals surface area contributed by atoms with Crippen LogP contribution in [0.15, 0.2) is 42.5 Å². The van der Waals surface area contributed by atoms with Gasteiger partial charge in [-0.1, -0.05) is 24.3 Å². The van der Waals surface area contributed by atoms with Gasteiger partial charge in [-0.05, 0) is 33.2 Å². The molecule has 0 saturated carbocycles. The summed E-state index contributed by atoms with van der Waals surface area (Å²) < 4.78 is 0. The lowest BCUT2D eigenvalue weighted by Crippen LogP contribution is -2.29. The van der Waals surface area contributed by atoms with Crippen LogP contribution in [-0.4, -0.2) is 41.5 Å². The monoisotopic (exact) mass is 324 g/mol. The number of nitro groups is 1. The van der Waals surface area contributed by atoms with Crippen LogP contribution in [0, 0.1) is 10.1 Å². The average molecular weight is 324 g/mol. The Hall–Kier alpha value is -2.73. The largest absolute Gasteiger partial charge is 0.380 e. The number of aromatic nitrogens is 1. The van der Waals surface area contributed by atoms with Crippen molar-refractivity contribution in [2.75, 3.05) is 26.0 Å². The third-order valence-electron chi connectivity index (χ3n) is 3.91. The molecule has 0 unspecified atom stereocenters. The number of rotatable bonds is 5. The average Bonchev–Trinajstić information content (AvgIpc) is 2.53. The number of benzene rings is 2. The zero-order chi connectivity index (χ0) is 17.3. The Morgan fingerprint density at radius 2 is 1.88 bits per heavy atom. The number of anilines is 1. The lowest BCUT2D eigenvalue weighted by molar-refractivity contribution is -0.383. The number of hydrogen-bond donors (Lipinski definition) is 1. The van der Waals surface area contributed by atoms with Crippen molar-refractivity contribution in [2.45, 2.75) is 13.0 Å². The highest BCUT2D eigenvalue weighted by atomic mass is 16.6. The first-order chi connectivity index (χ1) is 11.5. The molecule has 1 aromatic heterocycles. The molecular formula is C18H20N4O2. The maximum Gasteiger partial charge on any atom is 0.280 e. The van der Waals surface area contributed by atoms with Gasteiger partial charge in [-0.3, -0.25) is 10.1 Å². The minimum absolute atomic E-state index is 0.0744. The second-order valence-electron chi connectivity index (χ2n) is 6.24. The molecule has 24 heavy (non-hydrogen) atoms. The minimum Gasteiger partial charge on any atom is -0.380 e. The second-order valence-corrected chi connectivity index (χ2v) is 6.24. The van der Waals surface area contributed by atoms with Gasteiger partial charge in [0.05, 0.1) is 21.6 Å². The first kappa shape index (κ1) is 16.1. The number of fused-ring (bicyclic) bond motifs is 2. The van der Waals surface area contributed by atoms with E-state index in [9.17, 15) is 10.1 Å². The molecule has 0 aliphatic rings. The molecule has 1 atom stereocenters. The maximum absolute atomic E-state index is 11.5. The van der Waals surface area contributed by atoms with Crippen LogP contribution < -0.4 is 5.32 Å². The van der Waals surface area contributed by atoms with Gasteiger partial charge in [-0.25, -0.2) is 4.98 Å². The predicted molar refractivity (Wildman–Crippen MR) is 97.5 cm³/mol. The summed E-state index contributed by atoms with van der Waals surface area (Å²) >= 11 is 0. The lowest BCUT2D eigenvalue weighted by Gasteiger charge is -2.21. The highest BCUT2D eigenvalue weighted by molar-refractivity contribution is 6.11. The minimum atomic E-state index is -0.347. The highest BCUT2D eigenvalue weighted by Crippen LogP contribution is 2.36. The molecule has 3 rings (SSSR count). The van der Waals surface area contributed by atoms with Crippen LogP contribution in [0.5, 0.6) is 0 Å². The van der Waals surface area contributed by atoms with Crippen molar-refractivity contribution >= 4 is 33.2 Å². The van der Waals surface area contributed by atoms with Gasteiger partial charge in [0.2, 0.25) is 0 Å². The topological polar surface area (TPSA) is 71.3 Å². The number of likely N-dealkylation sites (N-methyl/N-ethyl adjacent to an activating group) is 1. The number of pyridine rings is 1. The molecule has 1 N–H and O–H groups in total. The SMILES string of the molecule is C[C@@H](CN(C)C)Nc1c2ccccc2nc2cccc([N+](=O)[O-])c12. The fourth-order valence-electron chi connectivity index (χ4n) is 3.07. The molecular weight excluding hydrogens is 304 g/mol. The van der Waals surface area contributed by atoms with Gasteiger partial charge in [0.25, 0.3) is 5.69 Å². The Balaban J connectivity index is 2.29. The fraction of sp³-hybridized carbons (Fsp3) is 0.278. The number of nitrogens with zero attached hydrogens (tertiary/aromatic N) is 3. The van der Waals surface area contributed by atoms with Gasteiger partial charge < -0.3 is 10.2 Å². The molecule has 2 aromatic carbocycles. The molecule has 0 aliphatic heterocycles. The summed E-state index contributed by atoms with van der Waals surface area (Å²) in [5.74, 6) is 0. The van der Waals surface area contributed by atoms with E-state index in [1.165, 1.54) is 6.07 Å². The Labute approximate surface area is 140 Å². The molecule has 0 spiro atoms. The number of hydrogen-bond acceptors (Lipinski definition) is 5. The van der Waals surface area contributed by atoms with Crippen LogP contribution in [-0.2, 0) is 0 Å². The lowest BCUT2D eigenvalue weighted by atomic mass is 10.1. The van der Waals surface area contributed by atoms with Crippen LogP contribution >= 0.6 is 0 Å². The molecule has 0 fully saturated rings. The van der Waals surface area contributed by atoms with Crippen molar-refractivity contribution in [2.24, 2.45) is 0 Å². The van der Waals surface area contributed by atoms with Crippen LogP contribution in [0.25, 0.3) is 21.8 Å². The summed E-state index contributed by atoms with van der Waals surface area (Å²) in [5, 5.41) is 16.4. The molecule has 0 amide bonds. The first-order valence-corrected chi connectivity index (χ1v) is 7.84. The van der Waals surface area contributed by atoms with Crippen molar-refractivity contribution in [3.05, 3.63) is 52.6 Å². The standard InChI is InChI=1S/C18H20N4O2/c1-12(11-21(2)3)19-18-13-7-4-5-8-14(13)20-15-9-6-10-16(17(15)18)22(23)24/h4-10,12H,11H2,1-3H3,(H,19,20)/t12-/m0/s1. The summed E-state index contributed by atoms with van der Waals surface area (Å²) in [6, 6.07) is 12.9. The number of nitrogens with one attached hydrogen (secondary N) is 1. The number of para-hydroxylation sites is 1. The van der Waals surface area contributed by atoms with E-state index in [-0.39, 0.29) is 16.7 Å². The van der Waals surface area contributed by atoms with E-state index in [0.29, 0.717) is 10.9 Å². The van der Waals surface area contributed by atoms with Gasteiger partial charge in [0, 0.05) is 24.0 Å². The number of nitro benzene ring substituents is 1. The van der Waals surface area contributed by atoms with E-state index in [1.54, 1.807) is 6.07 Å². The zero-order valence-corrected chi connectivity index (χ0v) is 14.0. The Morgan fingerprint density at radius 3 is 2.58 bits per heavy atom. The van der Waals surface area contributed by atoms with Crippen molar-refractivity contribution in [1.82, 2.24) is 9.88 Å². The van der Waals surface area contributed by atoms with Gasteiger partial charge in [0.15, 0.2) is 0 Å². The molecule has 0 bridgehead atoms. The molecule has 1 heterocycles. The van der Waals surface area contributed by atoms with E-state index in [2.05, 4.69) is 22.1 Å². The van der Waals surface area contributed by atoms with Crippen LogP contribution in [0.2, 0.25) is 0 Å². The van der Waals surface area contributed by atoms with Crippen molar-refractivity contribution in [3.8, 4) is 0 Å². The Morgan fingerprint density at radius 1 is 1.17 bits per heavy atom. The normalized spacial score (nSPS) is 12.7. The summed E-state index contributed by atoms with van der Waals surface area (Å²) in [6.07, 6.45) is 0. The van der Waals surface area contributed by atoms with E-state index in [0.717, 1.165) is 23.1 Å². The third kappa shape index (κ3) is 3.00. The summed E-state index contributed by atoms with van der Waals surface area (Å²) in [5.41, 5.74) is 2.30. The molecule has 124 valence electrons. The zero-order valence-electron chi connectivity index (χ0n) is 14.0. The molecule has 0 aliphatic carbocycles. The maximum atomic E-state index is 11.5. The second kappa shape index (κ2) is 6.41. The Bertz CT molecular complexity index is 908. The van der Waals surface area contributed by atoms with Gasteiger partial charge >= 0.3 is 0 Å². The van der Waals surface area contributed by atoms with Crippen molar-refractivity contribution in [3.63, 3.8) is 0 Å². The molecule has 6 nitrogen and oxygen atoms in total. The fourth-order valence-corrected chi connectivity index (χ4v) is 3.07. The van der Waals surface area contributed by atoms with Gasteiger partial charge in [-0.2, -0.15) is 0 Å². The van der Waals surface area contributed by atoms with E-state index in [4.69, 9.17) is 0 Å². The summed E-state index contributed by atoms with van der Waals surface area (Å²) in [6.45, 7) is 2.88. The van der Waals surface area contributed by atoms with Gasteiger partial charge in [-0.15, -0.1) is 0 Å². The van der Waals surface area contributed by atoms with E-state index >= 15 is 0 Å². The predicted octanol–water partition coefficient (Wildman–Crippen LogP) is 3.66. The highest BCUT2D eigenvalue weighted by Gasteiger charge is 2.20. The van der Waals surface area contributed by atoms with E-state index in [1.807, 2.05) is 44.4 Å². The van der Waals surface area contributed by atoms with Crippen LogP contribution in [0.3, 0.4) is 0 Å². The summed E-state index contributed by atoms with van der Waals surface area (Å²) in [4.78, 5) is 17.8. The molecule has 0 saturated heterocycles. The third-order valence-corrected chi connectivity index (χ3v) is 3.91. The van der Waals surface area contributed by atoms with E-state index < -0.39 is 0 Å². The molecule has 0 radical (unpaired) electrons. The van der Waals surface area contributed by atoms with Crippen molar-refractivity contribution < 1.29 is 4.92 Å². The summed E-state index contributed by atoms with van der Waals surface area (Å²) in [7, 11) is 4.01. The van der Waals surface area contributed by atoms with Crippen LogP contribution in [0.1, 0.15) is 6.92 Å². The molecule has 3 aromatic rings. The van der Waals surface area contributed by atoms with Gasteiger partial charge in [0.1, 0.15) is 5.39 Å². The van der Waals surface area contributed by atoms with Crippen molar-refractivity contribution in [1.29, 1.82) is 0 Å². The first-order valence-electron chi connectivity index (χ1n) is 7.84.